The zero-order chi connectivity index (χ0) is 23.2. The van der Waals surface area contributed by atoms with Crippen LogP contribution in [-0.4, -0.2) is 66.4 Å². The Bertz CT molecular complexity index is 1410. The third kappa shape index (κ3) is 3.60. The SMILES string of the molecule is O=c1c2c(-c3noc(C4CCCO4)n3)ncn2c2cccc(F)c2n1CCN1CCCC(O)C1. The van der Waals surface area contributed by atoms with Crippen molar-refractivity contribution in [1.82, 2.24) is 29.0 Å². The summed E-state index contributed by atoms with van der Waals surface area (Å²) in [4.78, 5) is 24.7. The number of imidazole rings is 1. The first kappa shape index (κ1) is 21.4. The molecule has 5 heterocycles. The van der Waals surface area contributed by atoms with Crippen LogP contribution in [0.1, 0.15) is 37.7 Å². The molecular formula is C23H25FN6O4. The zero-order valence-electron chi connectivity index (χ0n) is 18.6. The van der Waals surface area contributed by atoms with Crippen molar-refractivity contribution in [2.24, 2.45) is 0 Å². The normalized spacial score (nSPS) is 21.7. The van der Waals surface area contributed by atoms with E-state index in [1.807, 2.05) is 0 Å². The van der Waals surface area contributed by atoms with Crippen LogP contribution in [0.5, 0.6) is 0 Å². The third-order valence-corrected chi connectivity index (χ3v) is 6.69. The topological polar surface area (TPSA) is 111 Å². The van der Waals surface area contributed by atoms with Crippen molar-refractivity contribution in [2.75, 3.05) is 26.2 Å². The predicted molar refractivity (Wildman–Crippen MR) is 120 cm³/mol. The molecule has 1 aromatic carbocycles. The van der Waals surface area contributed by atoms with Gasteiger partial charge in [0.05, 0.1) is 11.6 Å². The van der Waals surface area contributed by atoms with E-state index in [4.69, 9.17) is 9.26 Å². The Hall–Kier alpha value is -3.15. The summed E-state index contributed by atoms with van der Waals surface area (Å²) in [6.07, 6.45) is 4.25. The zero-order valence-corrected chi connectivity index (χ0v) is 18.6. The second-order valence-electron chi connectivity index (χ2n) is 8.93. The van der Waals surface area contributed by atoms with Crippen LogP contribution in [0.2, 0.25) is 0 Å². The first-order valence-electron chi connectivity index (χ1n) is 11.6. The summed E-state index contributed by atoms with van der Waals surface area (Å²) in [7, 11) is 0. The van der Waals surface area contributed by atoms with E-state index in [0.29, 0.717) is 31.1 Å². The molecule has 178 valence electrons. The second kappa shape index (κ2) is 8.57. The van der Waals surface area contributed by atoms with Crippen molar-refractivity contribution in [1.29, 1.82) is 0 Å². The maximum Gasteiger partial charge on any atom is 0.277 e. The van der Waals surface area contributed by atoms with Crippen LogP contribution in [0.15, 0.2) is 33.8 Å². The highest BCUT2D eigenvalue weighted by atomic mass is 19.1. The van der Waals surface area contributed by atoms with Crippen LogP contribution in [0, 0.1) is 5.82 Å². The van der Waals surface area contributed by atoms with Gasteiger partial charge in [0.2, 0.25) is 5.82 Å². The Labute approximate surface area is 193 Å². The van der Waals surface area contributed by atoms with Gasteiger partial charge in [-0.2, -0.15) is 4.98 Å². The summed E-state index contributed by atoms with van der Waals surface area (Å²) in [6.45, 7) is 2.82. The highest BCUT2D eigenvalue weighted by Gasteiger charge is 2.27. The number of β-amino-alcohol motifs (C(OH)–C–C–N with tert-alkyl or cyclic N) is 1. The third-order valence-electron chi connectivity index (χ3n) is 6.69. The highest BCUT2D eigenvalue weighted by molar-refractivity contribution is 5.84. The van der Waals surface area contributed by atoms with Crippen molar-refractivity contribution >= 4 is 16.6 Å². The summed E-state index contributed by atoms with van der Waals surface area (Å²) in [5.74, 6) is 0.0849. The Morgan fingerprint density at radius 2 is 2.09 bits per heavy atom. The number of ether oxygens (including phenoxy) is 1. The number of likely N-dealkylation sites (tertiary alicyclic amines) is 1. The summed E-state index contributed by atoms with van der Waals surface area (Å²) < 4.78 is 29.0. The van der Waals surface area contributed by atoms with Crippen LogP contribution < -0.4 is 5.56 Å². The van der Waals surface area contributed by atoms with Gasteiger partial charge in [0, 0.05) is 26.2 Å². The quantitative estimate of drug-likeness (QED) is 0.474. The summed E-state index contributed by atoms with van der Waals surface area (Å²) in [5.41, 5.74) is 0.901. The standard InChI is InChI=1S/C23H25FN6O4/c24-15-5-1-6-16-19(15)29(10-9-28-8-2-4-14(31)12-28)23(32)20-18(25-13-30(16)20)21-26-22(34-27-21)17-7-3-11-33-17/h1,5-6,13-14,17,31H,2-4,7-12H2. The average molecular weight is 468 g/mol. The lowest BCUT2D eigenvalue weighted by Gasteiger charge is -2.30. The van der Waals surface area contributed by atoms with E-state index in [9.17, 15) is 14.3 Å². The number of piperidine rings is 1. The molecule has 0 bridgehead atoms. The number of nitrogens with zero attached hydrogens (tertiary/aromatic N) is 6. The smallest absolute Gasteiger partial charge is 0.277 e. The van der Waals surface area contributed by atoms with E-state index in [-0.39, 0.29) is 46.9 Å². The molecule has 2 aliphatic rings. The lowest BCUT2D eigenvalue weighted by atomic mass is 10.1. The molecule has 1 N–H and O–H groups in total. The van der Waals surface area contributed by atoms with Gasteiger partial charge in [-0.3, -0.25) is 14.1 Å². The lowest BCUT2D eigenvalue weighted by Crippen LogP contribution is -2.41. The maximum absolute atomic E-state index is 15.0. The molecule has 0 radical (unpaired) electrons. The van der Waals surface area contributed by atoms with Crippen molar-refractivity contribution in [3.63, 3.8) is 0 Å². The Morgan fingerprint density at radius 3 is 2.91 bits per heavy atom. The minimum Gasteiger partial charge on any atom is -0.392 e. The number of halogens is 1. The minimum absolute atomic E-state index is 0.201. The molecule has 0 amide bonds. The largest absolute Gasteiger partial charge is 0.392 e. The summed E-state index contributed by atoms with van der Waals surface area (Å²) in [5, 5.41) is 14.0. The molecule has 4 aromatic rings. The van der Waals surface area contributed by atoms with Crippen LogP contribution in [0.4, 0.5) is 4.39 Å². The Kier molecular flexibility index (Phi) is 5.39. The van der Waals surface area contributed by atoms with Gasteiger partial charge in [-0.05, 0) is 44.4 Å². The maximum atomic E-state index is 15.0. The van der Waals surface area contributed by atoms with E-state index in [0.717, 1.165) is 32.2 Å². The van der Waals surface area contributed by atoms with Gasteiger partial charge in [0.1, 0.15) is 35.0 Å². The monoisotopic (exact) mass is 468 g/mol. The minimum atomic E-state index is -0.481. The van der Waals surface area contributed by atoms with E-state index in [2.05, 4.69) is 20.0 Å². The fourth-order valence-corrected chi connectivity index (χ4v) is 5.02. The van der Waals surface area contributed by atoms with Gasteiger partial charge in [-0.1, -0.05) is 11.2 Å². The van der Waals surface area contributed by atoms with E-state index in [1.54, 1.807) is 16.5 Å². The molecule has 0 spiro atoms. The number of benzene rings is 1. The molecule has 10 nitrogen and oxygen atoms in total. The van der Waals surface area contributed by atoms with Crippen LogP contribution >= 0.6 is 0 Å². The van der Waals surface area contributed by atoms with Crippen LogP contribution in [0.25, 0.3) is 28.1 Å². The summed E-state index contributed by atoms with van der Waals surface area (Å²) >= 11 is 0. The molecule has 2 unspecified atom stereocenters. The molecule has 3 aromatic heterocycles. The highest BCUT2D eigenvalue weighted by Crippen LogP contribution is 2.30. The Morgan fingerprint density at radius 1 is 1.18 bits per heavy atom. The molecule has 2 fully saturated rings. The molecule has 2 saturated heterocycles. The van der Waals surface area contributed by atoms with Crippen LogP contribution in [0.3, 0.4) is 0 Å². The van der Waals surface area contributed by atoms with E-state index >= 15 is 0 Å². The Balaban J connectivity index is 1.45. The van der Waals surface area contributed by atoms with Gasteiger partial charge in [-0.15, -0.1) is 0 Å². The number of para-hydroxylation sites is 1. The number of fused-ring (bicyclic) bond motifs is 3. The molecular weight excluding hydrogens is 443 g/mol. The first-order valence-corrected chi connectivity index (χ1v) is 11.6. The fraction of sp³-hybridized carbons (Fsp3) is 0.478. The number of hydrogen-bond acceptors (Lipinski definition) is 8. The second-order valence-corrected chi connectivity index (χ2v) is 8.93. The summed E-state index contributed by atoms with van der Waals surface area (Å²) in [6, 6.07) is 4.71. The van der Waals surface area contributed by atoms with E-state index < -0.39 is 5.82 Å². The van der Waals surface area contributed by atoms with Gasteiger partial charge in [-0.25, -0.2) is 9.37 Å². The molecule has 2 atom stereocenters. The fourth-order valence-electron chi connectivity index (χ4n) is 5.02. The number of rotatable bonds is 5. The lowest BCUT2D eigenvalue weighted by molar-refractivity contribution is 0.0689. The number of aromatic nitrogens is 5. The molecule has 0 aliphatic carbocycles. The van der Waals surface area contributed by atoms with Crippen molar-refractivity contribution in [3.05, 3.63) is 46.6 Å². The average Bonchev–Trinajstić information content (AvgIpc) is 3.59. The number of aliphatic hydroxyl groups is 1. The number of hydrogen-bond donors (Lipinski definition) is 1. The van der Waals surface area contributed by atoms with Crippen LogP contribution in [-0.2, 0) is 11.3 Å². The molecule has 6 rings (SSSR count). The van der Waals surface area contributed by atoms with E-state index in [1.165, 1.54) is 17.0 Å². The molecule has 2 aliphatic heterocycles. The molecule has 11 heteroatoms. The first-order chi connectivity index (χ1) is 16.6. The molecule has 0 saturated carbocycles. The van der Waals surface area contributed by atoms with Gasteiger partial charge < -0.3 is 18.9 Å². The van der Waals surface area contributed by atoms with Gasteiger partial charge in [0.15, 0.2) is 0 Å². The van der Waals surface area contributed by atoms with Gasteiger partial charge in [0.25, 0.3) is 11.4 Å². The predicted octanol–water partition coefficient (Wildman–Crippen LogP) is 2.15. The molecule has 34 heavy (non-hydrogen) atoms. The van der Waals surface area contributed by atoms with Crippen molar-refractivity contribution in [3.8, 4) is 11.5 Å². The van der Waals surface area contributed by atoms with Crippen molar-refractivity contribution in [2.45, 2.75) is 44.4 Å². The van der Waals surface area contributed by atoms with Gasteiger partial charge >= 0.3 is 0 Å². The van der Waals surface area contributed by atoms with Crippen molar-refractivity contribution < 1.29 is 18.8 Å². The number of aliphatic hydroxyl groups excluding tert-OH is 1.